The summed E-state index contributed by atoms with van der Waals surface area (Å²) in [6.45, 7) is 3.79. The third kappa shape index (κ3) is 4.69. The zero-order chi connectivity index (χ0) is 24.2. The first-order valence-corrected chi connectivity index (χ1v) is 11.3. The second-order valence-corrected chi connectivity index (χ2v) is 8.54. The van der Waals surface area contributed by atoms with Crippen molar-refractivity contribution < 1.29 is 14.3 Å². The molecular weight excluding hydrogens is 456 g/mol. The summed E-state index contributed by atoms with van der Waals surface area (Å²) in [5, 5.41) is 6.98. The lowest BCUT2D eigenvalue weighted by Crippen LogP contribution is -2.31. The van der Waals surface area contributed by atoms with Gasteiger partial charge in [-0.3, -0.25) is 4.79 Å². The number of rotatable bonds is 4. The summed E-state index contributed by atoms with van der Waals surface area (Å²) in [4.78, 5) is 34.0. The van der Waals surface area contributed by atoms with Gasteiger partial charge in [0.2, 0.25) is 5.91 Å². The van der Waals surface area contributed by atoms with E-state index in [1.165, 1.54) is 0 Å². The molecule has 176 valence electrons. The maximum atomic E-state index is 11.2. The molecule has 1 atom stereocenters. The number of hydrazone groups is 1. The van der Waals surface area contributed by atoms with Gasteiger partial charge >= 0.3 is 5.69 Å². The van der Waals surface area contributed by atoms with E-state index >= 15 is 0 Å². The maximum absolute atomic E-state index is 11.2. The van der Waals surface area contributed by atoms with E-state index in [0.717, 1.165) is 21.7 Å². The number of H-pyrrole nitrogens is 1. The second kappa shape index (κ2) is 9.87. The van der Waals surface area contributed by atoms with Crippen LogP contribution in [0.2, 0.25) is 0 Å². The Balaban J connectivity index is 0.000000162. The number of hydrogen-bond acceptors (Lipinski definition) is 8. The van der Waals surface area contributed by atoms with Crippen LogP contribution in [0.4, 0.5) is 0 Å². The highest BCUT2D eigenvalue weighted by Gasteiger charge is 2.22. The first kappa shape index (κ1) is 23.2. The summed E-state index contributed by atoms with van der Waals surface area (Å²) < 4.78 is 12.4. The number of aromatic amines is 1. The molecule has 4 aromatic rings. The zero-order valence-corrected chi connectivity index (χ0v) is 20.0. The van der Waals surface area contributed by atoms with E-state index in [4.69, 9.17) is 9.47 Å². The first-order chi connectivity index (χ1) is 16.4. The number of ether oxygens (including phenoxy) is 2. The molecule has 0 bridgehead atoms. The van der Waals surface area contributed by atoms with Crippen LogP contribution in [0.1, 0.15) is 23.9 Å². The predicted molar refractivity (Wildman–Crippen MR) is 130 cm³/mol. The normalized spacial score (nSPS) is 15.2. The summed E-state index contributed by atoms with van der Waals surface area (Å²) >= 11 is 1.63. The number of methoxy groups -OCH3 is 2. The Labute approximate surface area is 199 Å². The van der Waals surface area contributed by atoms with Crippen molar-refractivity contribution in [3.8, 4) is 17.2 Å². The van der Waals surface area contributed by atoms with Gasteiger partial charge in [-0.15, -0.1) is 11.3 Å². The Morgan fingerprint density at radius 2 is 2.03 bits per heavy atom. The number of imidazole rings is 1. The van der Waals surface area contributed by atoms with Crippen molar-refractivity contribution >= 4 is 33.9 Å². The number of carbonyl (C=O) groups is 1. The van der Waals surface area contributed by atoms with Gasteiger partial charge in [-0.1, -0.05) is 6.92 Å². The van der Waals surface area contributed by atoms with Gasteiger partial charge in [-0.25, -0.2) is 15.2 Å². The molecule has 3 aromatic heterocycles. The Morgan fingerprint density at radius 3 is 2.71 bits per heavy atom. The Kier molecular flexibility index (Phi) is 6.73. The number of nitrogens with zero attached hydrogens (tertiary/aromatic N) is 4. The number of carbonyl (C=O) groups excluding carboxylic acids is 1. The molecule has 10 nitrogen and oxygen atoms in total. The van der Waals surface area contributed by atoms with Gasteiger partial charge in [-0.2, -0.15) is 10.1 Å². The molecule has 4 heterocycles. The summed E-state index contributed by atoms with van der Waals surface area (Å²) in [6, 6.07) is 5.59. The van der Waals surface area contributed by atoms with Gasteiger partial charge < -0.3 is 19.0 Å². The van der Waals surface area contributed by atoms with Gasteiger partial charge in [0.25, 0.3) is 0 Å². The van der Waals surface area contributed by atoms with Crippen molar-refractivity contribution in [1.82, 2.24) is 24.9 Å². The number of nitrogens with one attached hydrogen (secondary N) is 2. The monoisotopic (exact) mass is 480 g/mol. The predicted octanol–water partition coefficient (Wildman–Crippen LogP) is 3.04. The minimum absolute atomic E-state index is 0.0161. The first-order valence-electron chi connectivity index (χ1n) is 10.5. The number of benzene rings is 1. The lowest BCUT2D eigenvalue weighted by molar-refractivity contribution is -0.121. The lowest BCUT2D eigenvalue weighted by Gasteiger charge is -2.17. The molecule has 0 saturated carbocycles. The molecular formula is C23H24N6O4S. The van der Waals surface area contributed by atoms with Crippen LogP contribution in [0, 0.1) is 12.8 Å². The fourth-order valence-electron chi connectivity index (χ4n) is 3.70. The number of amides is 1. The molecule has 5 rings (SSSR count). The highest BCUT2D eigenvalue weighted by Crippen LogP contribution is 2.35. The van der Waals surface area contributed by atoms with Crippen LogP contribution in [0.15, 0.2) is 52.2 Å². The van der Waals surface area contributed by atoms with Crippen LogP contribution in [0.25, 0.3) is 16.6 Å². The summed E-state index contributed by atoms with van der Waals surface area (Å²) in [5.41, 5.74) is 5.51. The van der Waals surface area contributed by atoms with Crippen molar-refractivity contribution in [2.75, 3.05) is 14.2 Å². The Hall–Kier alpha value is -3.99. The molecule has 11 heteroatoms. The van der Waals surface area contributed by atoms with E-state index in [9.17, 15) is 9.59 Å². The van der Waals surface area contributed by atoms with Crippen molar-refractivity contribution in [3.05, 3.63) is 63.4 Å². The maximum Gasteiger partial charge on any atom is 0.345 e. The molecule has 1 amide bonds. The topological polar surface area (TPSA) is 123 Å². The quantitative estimate of drug-likeness (QED) is 0.463. The fraction of sp³-hybridized carbons (Fsp3) is 0.261. The van der Waals surface area contributed by atoms with E-state index in [2.05, 4.69) is 36.9 Å². The van der Waals surface area contributed by atoms with Crippen molar-refractivity contribution in [1.29, 1.82) is 0 Å². The molecule has 1 unspecified atom stereocenters. The van der Waals surface area contributed by atoms with Gasteiger partial charge in [0.05, 0.1) is 53.4 Å². The van der Waals surface area contributed by atoms with Crippen molar-refractivity contribution in [3.63, 3.8) is 0 Å². The summed E-state index contributed by atoms with van der Waals surface area (Å²) in [6.07, 6.45) is 5.91. The summed E-state index contributed by atoms with van der Waals surface area (Å²) in [5.74, 6) is 1.35. The molecule has 0 aliphatic carbocycles. The van der Waals surface area contributed by atoms with Crippen LogP contribution >= 0.6 is 11.3 Å². The van der Waals surface area contributed by atoms with Gasteiger partial charge in [0, 0.05) is 30.1 Å². The smallest absolute Gasteiger partial charge is 0.345 e. The lowest BCUT2D eigenvalue weighted by atomic mass is 9.99. The van der Waals surface area contributed by atoms with E-state index < -0.39 is 0 Å². The van der Waals surface area contributed by atoms with Gasteiger partial charge in [0.1, 0.15) is 0 Å². The SMILES string of the molecule is CC1CC(=O)NN=C1c1cc(-n2ccnc2)cs1.COc1ccc2[nH]c(=O)nc(C)c2c1OC. The largest absolute Gasteiger partial charge is 0.493 e. The van der Waals surface area contributed by atoms with Crippen LogP contribution < -0.4 is 20.6 Å². The van der Waals surface area contributed by atoms with Crippen molar-refractivity contribution in [2.45, 2.75) is 20.3 Å². The molecule has 0 radical (unpaired) electrons. The number of aryl methyl sites for hydroxylation is 1. The van der Waals surface area contributed by atoms with E-state index in [1.807, 2.05) is 17.7 Å². The Bertz CT molecular complexity index is 1410. The van der Waals surface area contributed by atoms with Crippen LogP contribution in [-0.2, 0) is 4.79 Å². The molecule has 0 fully saturated rings. The molecule has 1 aliphatic rings. The van der Waals surface area contributed by atoms with Crippen molar-refractivity contribution in [2.24, 2.45) is 11.0 Å². The molecule has 1 aromatic carbocycles. The minimum atomic E-state index is -0.364. The Morgan fingerprint density at radius 1 is 1.21 bits per heavy atom. The van der Waals surface area contributed by atoms with Crippen LogP contribution in [0.3, 0.4) is 0 Å². The zero-order valence-electron chi connectivity index (χ0n) is 19.2. The van der Waals surface area contributed by atoms with E-state index in [0.29, 0.717) is 29.1 Å². The number of fused-ring (bicyclic) bond motifs is 1. The third-order valence-electron chi connectivity index (χ3n) is 5.32. The third-order valence-corrected chi connectivity index (χ3v) is 6.26. The number of hydrogen-bond donors (Lipinski definition) is 2. The van der Waals surface area contributed by atoms with Crippen LogP contribution in [0.5, 0.6) is 11.5 Å². The fourth-order valence-corrected chi connectivity index (χ4v) is 4.69. The number of thiophene rings is 1. The average Bonchev–Trinajstić information content (AvgIpc) is 3.51. The van der Waals surface area contributed by atoms with Gasteiger partial charge in [0.15, 0.2) is 11.5 Å². The molecule has 2 N–H and O–H groups in total. The molecule has 0 saturated heterocycles. The molecule has 0 spiro atoms. The van der Waals surface area contributed by atoms with Crippen LogP contribution in [-0.4, -0.2) is 45.4 Å². The average molecular weight is 481 g/mol. The summed E-state index contributed by atoms with van der Waals surface area (Å²) in [7, 11) is 3.12. The molecule has 1 aliphatic heterocycles. The highest BCUT2D eigenvalue weighted by molar-refractivity contribution is 7.12. The van der Waals surface area contributed by atoms with E-state index in [1.54, 1.807) is 57.1 Å². The second-order valence-electron chi connectivity index (χ2n) is 7.63. The van der Waals surface area contributed by atoms with E-state index in [-0.39, 0.29) is 17.5 Å². The molecule has 34 heavy (non-hydrogen) atoms. The standard InChI is InChI=1S/C12H12N4OS.C11H12N2O3/c1-8-4-11(17)14-15-12(8)10-5-9(6-18-10)16-3-2-13-7-16;1-6-9-7(13-11(14)12-6)4-5-8(15-2)10(9)16-3/h2-3,5-8H,4H2,1H3,(H,14,17);4-5H,1-3H3,(H,12,13,14). The van der Waals surface area contributed by atoms with Gasteiger partial charge in [-0.05, 0) is 25.1 Å². The number of aromatic nitrogens is 4. The highest BCUT2D eigenvalue weighted by atomic mass is 32.1. The minimum Gasteiger partial charge on any atom is -0.493 e.